The van der Waals surface area contributed by atoms with Crippen molar-refractivity contribution in [1.82, 2.24) is 0 Å². The zero-order valence-electron chi connectivity index (χ0n) is 12.5. The quantitative estimate of drug-likeness (QED) is 0.491. The van der Waals surface area contributed by atoms with Crippen LogP contribution in [-0.2, 0) is 4.74 Å². The van der Waals surface area contributed by atoms with Gasteiger partial charge >= 0.3 is 5.97 Å². The fourth-order valence-electron chi connectivity index (χ4n) is 2.36. The van der Waals surface area contributed by atoms with E-state index >= 15 is 0 Å². The Kier molecular flexibility index (Phi) is 4.54. The molecule has 0 bridgehead atoms. The number of furan rings is 1. The van der Waals surface area contributed by atoms with Crippen LogP contribution in [0.15, 0.2) is 28.9 Å². The molecule has 122 valence electrons. The van der Waals surface area contributed by atoms with Gasteiger partial charge in [-0.1, -0.05) is 0 Å². The van der Waals surface area contributed by atoms with Crippen LogP contribution >= 0.6 is 0 Å². The molecule has 0 radical (unpaired) electrons. The second-order valence-electron chi connectivity index (χ2n) is 4.93. The molecule has 23 heavy (non-hydrogen) atoms. The summed E-state index contributed by atoms with van der Waals surface area (Å²) in [5.41, 5.74) is -0.0483. The number of ether oxygens (including phenoxy) is 1. The molecule has 1 aromatic heterocycles. The summed E-state index contributed by atoms with van der Waals surface area (Å²) in [5.74, 6) is -2.59. The number of carbonyl (C=O) groups is 1. The van der Waals surface area contributed by atoms with Crippen molar-refractivity contribution in [3.05, 3.63) is 57.0 Å². The first-order chi connectivity index (χ1) is 10.9. The highest BCUT2D eigenvalue weighted by Gasteiger charge is 2.31. The molecule has 2 aromatic rings. The number of rotatable bonds is 5. The van der Waals surface area contributed by atoms with Crippen molar-refractivity contribution in [2.24, 2.45) is 0 Å². The van der Waals surface area contributed by atoms with E-state index in [1.807, 2.05) is 0 Å². The third kappa shape index (κ3) is 3.10. The first kappa shape index (κ1) is 16.3. The fraction of sp³-hybridized carbons (Fsp3) is 0.267. The molecule has 0 amide bonds. The number of phenolic OH excluding ortho intramolecular Hbond substituents is 2. The van der Waals surface area contributed by atoms with Crippen LogP contribution in [0.3, 0.4) is 0 Å². The third-order valence-corrected chi connectivity index (χ3v) is 3.48. The summed E-state index contributed by atoms with van der Waals surface area (Å²) in [6, 6.07) is 4.48. The monoisotopic (exact) mass is 321 g/mol. The third-order valence-electron chi connectivity index (χ3n) is 3.48. The van der Waals surface area contributed by atoms with E-state index in [9.17, 15) is 25.1 Å². The van der Waals surface area contributed by atoms with Gasteiger partial charge in [-0.15, -0.1) is 0 Å². The van der Waals surface area contributed by atoms with E-state index in [1.165, 1.54) is 25.3 Å². The second-order valence-corrected chi connectivity index (χ2v) is 4.93. The highest BCUT2D eigenvalue weighted by atomic mass is 16.6. The number of hydrogen-bond acceptors (Lipinski definition) is 7. The second kappa shape index (κ2) is 6.39. The van der Waals surface area contributed by atoms with Crippen molar-refractivity contribution in [2.45, 2.75) is 12.8 Å². The van der Waals surface area contributed by atoms with Crippen molar-refractivity contribution in [3.63, 3.8) is 0 Å². The number of benzene rings is 1. The fourth-order valence-corrected chi connectivity index (χ4v) is 2.36. The van der Waals surface area contributed by atoms with Crippen LogP contribution in [0.25, 0.3) is 0 Å². The lowest BCUT2D eigenvalue weighted by molar-refractivity contribution is -0.482. The largest absolute Gasteiger partial charge is 0.507 e. The maximum absolute atomic E-state index is 11.8. The molecular formula is C15H15NO7. The zero-order chi connectivity index (χ0) is 17.1. The smallest absolute Gasteiger partial charge is 0.345 e. The highest BCUT2D eigenvalue weighted by molar-refractivity contribution is 5.96. The molecular weight excluding hydrogens is 306 g/mol. The lowest BCUT2D eigenvalue weighted by Gasteiger charge is -2.17. The number of esters is 1. The average Bonchev–Trinajstić information content (AvgIpc) is 3.02. The molecule has 8 heteroatoms. The number of aryl methyl sites for hydroxylation is 1. The number of methoxy groups -OCH3 is 1. The number of phenols is 2. The Labute approximate surface area is 131 Å². The minimum Gasteiger partial charge on any atom is -0.507 e. The van der Waals surface area contributed by atoms with Gasteiger partial charge in [0.05, 0.1) is 13.4 Å². The number of hydrogen-bond donors (Lipinski definition) is 2. The Bertz CT molecular complexity index is 737. The Morgan fingerprint density at radius 1 is 1.43 bits per heavy atom. The normalized spacial score (nSPS) is 11.9. The molecule has 1 unspecified atom stereocenters. The van der Waals surface area contributed by atoms with Crippen LogP contribution < -0.4 is 0 Å². The van der Waals surface area contributed by atoms with E-state index in [-0.39, 0.29) is 16.9 Å². The maximum Gasteiger partial charge on any atom is 0.345 e. The minimum atomic E-state index is -0.941. The summed E-state index contributed by atoms with van der Waals surface area (Å²) >= 11 is 0. The Morgan fingerprint density at radius 3 is 2.65 bits per heavy atom. The molecule has 0 saturated heterocycles. The molecule has 2 N–H and O–H groups in total. The van der Waals surface area contributed by atoms with Crippen LogP contribution in [0.2, 0.25) is 0 Å². The van der Waals surface area contributed by atoms with Crippen molar-refractivity contribution in [1.29, 1.82) is 0 Å². The lowest BCUT2D eigenvalue weighted by atomic mass is 9.91. The van der Waals surface area contributed by atoms with Crippen LogP contribution in [0.1, 0.15) is 33.2 Å². The van der Waals surface area contributed by atoms with Gasteiger partial charge in [0, 0.05) is 10.5 Å². The molecule has 8 nitrogen and oxygen atoms in total. The summed E-state index contributed by atoms with van der Waals surface area (Å²) < 4.78 is 9.75. The van der Waals surface area contributed by atoms with E-state index in [4.69, 9.17) is 4.42 Å². The molecule has 1 aromatic carbocycles. The van der Waals surface area contributed by atoms with Gasteiger partial charge in [-0.25, -0.2) is 4.79 Å². The lowest BCUT2D eigenvalue weighted by Crippen LogP contribution is -2.15. The molecule has 0 spiro atoms. The van der Waals surface area contributed by atoms with E-state index in [0.717, 1.165) is 7.11 Å². The topological polar surface area (TPSA) is 123 Å². The van der Waals surface area contributed by atoms with Gasteiger partial charge in [0.2, 0.25) is 6.54 Å². The van der Waals surface area contributed by atoms with E-state index < -0.39 is 40.4 Å². The summed E-state index contributed by atoms with van der Waals surface area (Å²) in [6.07, 6.45) is 1.35. The summed E-state index contributed by atoms with van der Waals surface area (Å²) in [4.78, 5) is 22.2. The van der Waals surface area contributed by atoms with Crippen LogP contribution in [0.5, 0.6) is 11.5 Å². The average molecular weight is 321 g/mol. The van der Waals surface area contributed by atoms with Crippen molar-refractivity contribution < 1.29 is 29.1 Å². The van der Waals surface area contributed by atoms with E-state index in [1.54, 1.807) is 6.07 Å². The Balaban J connectivity index is 2.66. The van der Waals surface area contributed by atoms with E-state index in [0.29, 0.717) is 0 Å². The Morgan fingerprint density at radius 2 is 2.13 bits per heavy atom. The summed E-state index contributed by atoms with van der Waals surface area (Å²) in [6.45, 7) is 0.960. The highest BCUT2D eigenvalue weighted by Crippen LogP contribution is 2.40. The first-order valence-electron chi connectivity index (χ1n) is 6.65. The van der Waals surface area contributed by atoms with Crippen molar-refractivity contribution >= 4 is 5.97 Å². The van der Waals surface area contributed by atoms with Gasteiger partial charge in [-0.2, -0.15) is 0 Å². The van der Waals surface area contributed by atoms with Gasteiger partial charge in [0.15, 0.2) is 0 Å². The first-order valence-corrected chi connectivity index (χ1v) is 6.65. The van der Waals surface area contributed by atoms with Crippen LogP contribution in [0, 0.1) is 17.0 Å². The molecule has 2 rings (SSSR count). The van der Waals surface area contributed by atoms with Crippen molar-refractivity contribution in [2.75, 3.05) is 13.7 Å². The predicted octanol–water partition coefficient (Wildman–Crippen LogP) is 2.19. The van der Waals surface area contributed by atoms with Crippen LogP contribution in [0.4, 0.5) is 0 Å². The molecule has 0 fully saturated rings. The van der Waals surface area contributed by atoms with Gasteiger partial charge < -0.3 is 19.4 Å². The van der Waals surface area contributed by atoms with Crippen LogP contribution in [-0.4, -0.2) is 34.8 Å². The van der Waals surface area contributed by atoms with Gasteiger partial charge in [-0.05, 0) is 30.7 Å². The maximum atomic E-state index is 11.8. The van der Waals surface area contributed by atoms with Gasteiger partial charge in [0.25, 0.3) is 0 Å². The zero-order valence-corrected chi connectivity index (χ0v) is 12.5. The van der Waals surface area contributed by atoms with Gasteiger partial charge in [0.1, 0.15) is 28.7 Å². The molecule has 0 saturated carbocycles. The molecule has 0 aliphatic carbocycles. The van der Waals surface area contributed by atoms with E-state index in [2.05, 4.69) is 4.74 Å². The Hall–Kier alpha value is -3.03. The molecule has 1 heterocycles. The number of carbonyl (C=O) groups excluding carboxylic acids is 1. The number of nitrogens with zero attached hydrogens (tertiary/aromatic N) is 1. The standard InChI is InChI=1S/C15H15NO7/c1-8-6-9(14(18)12(13(8)17)15(19)22-2)10(7-16(20)21)11-4-3-5-23-11/h3-6,10,17-18H,7H2,1-2H3. The number of aromatic hydroxyl groups is 2. The summed E-state index contributed by atoms with van der Waals surface area (Å²) in [5, 5.41) is 31.3. The SMILES string of the molecule is COC(=O)c1c(O)c(C)cc(C(C[N+](=O)[O-])c2ccco2)c1O. The van der Waals surface area contributed by atoms with Gasteiger partial charge in [-0.3, -0.25) is 10.1 Å². The van der Waals surface area contributed by atoms with Crippen molar-refractivity contribution in [3.8, 4) is 11.5 Å². The number of nitro groups is 1. The molecule has 0 aliphatic heterocycles. The summed E-state index contributed by atoms with van der Waals surface area (Å²) in [7, 11) is 1.10. The molecule has 1 atom stereocenters. The minimum absolute atomic E-state index is 0.104. The predicted molar refractivity (Wildman–Crippen MR) is 78.3 cm³/mol. The molecule has 0 aliphatic rings.